The van der Waals surface area contributed by atoms with Crippen LogP contribution in [0.1, 0.15) is 24.2 Å². The maximum Gasteiger partial charge on any atom is 0.344 e. The number of hydrogen-bond acceptors (Lipinski definition) is 5. The van der Waals surface area contributed by atoms with Gasteiger partial charge in [-0.15, -0.1) is 0 Å². The molecule has 0 aliphatic heterocycles. The molecule has 6 nitrogen and oxygen atoms in total. The summed E-state index contributed by atoms with van der Waals surface area (Å²) < 4.78 is 10.1. The third-order valence-electron chi connectivity index (χ3n) is 4.49. The van der Waals surface area contributed by atoms with E-state index in [-0.39, 0.29) is 5.92 Å². The van der Waals surface area contributed by atoms with Gasteiger partial charge in [0.25, 0.3) is 5.91 Å². The number of nitrogens with one attached hydrogen (secondary N) is 1. The molecule has 0 saturated carbocycles. The van der Waals surface area contributed by atoms with Crippen molar-refractivity contribution in [3.05, 3.63) is 70.6 Å². The number of para-hydroxylation sites is 1. The van der Waals surface area contributed by atoms with Crippen LogP contribution in [0.4, 0.5) is 0 Å². The standard InChI is InChI=1S/C22H21NO5/c1-13(2)19(22(26)27-3)23-20(24)16-9-6-8-14(11-16)17-12-15-7-4-5-10-18(15)28-21(17)25/h4-13,19H,1-3H3,(H,23,24). The zero-order chi connectivity index (χ0) is 20.3. The summed E-state index contributed by atoms with van der Waals surface area (Å²) in [6, 6.07) is 14.8. The normalized spacial score (nSPS) is 12.0. The summed E-state index contributed by atoms with van der Waals surface area (Å²) in [5, 5.41) is 3.48. The van der Waals surface area contributed by atoms with E-state index in [1.54, 1.807) is 42.5 Å². The first kappa shape index (κ1) is 19.4. The smallest absolute Gasteiger partial charge is 0.344 e. The van der Waals surface area contributed by atoms with Gasteiger partial charge in [-0.1, -0.05) is 44.2 Å². The first-order valence-corrected chi connectivity index (χ1v) is 8.92. The summed E-state index contributed by atoms with van der Waals surface area (Å²) in [7, 11) is 1.28. The highest BCUT2D eigenvalue weighted by atomic mass is 16.5. The lowest BCUT2D eigenvalue weighted by atomic mass is 10.0. The highest BCUT2D eigenvalue weighted by molar-refractivity contribution is 5.98. The number of carbonyl (C=O) groups excluding carboxylic acids is 2. The molecule has 3 aromatic rings. The Labute approximate surface area is 162 Å². The number of rotatable bonds is 5. The number of hydrogen-bond donors (Lipinski definition) is 1. The van der Waals surface area contributed by atoms with Gasteiger partial charge in [0.05, 0.1) is 12.7 Å². The SMILES string of the molecule is COC(=O)C(NC(=O)c1cccc(-c2cc3ccccc3oc2=O)c1)C(C)C. The molecule has 0 bridgehead atoms. The summed E-state index contributed by atoms with van der Waals surface area (Å²) in [5.41, 5.74) is 1.28. The molecule has 1 aromatic heterocycles. The van der Waals surface area contributed by atoms with E-state index in [0.717, 1.165) is 5.39 Å². The second kappa shape index (κ2) is 8.08. The Hall–Kier alpha value is -3.41. The van der Waals surface area contributed by atoms with E-state index in [1.165, 1.54) is 7.11 Å². The van der Waals surface area contributed by atoms with Crippen LogP contribution in [0.25, 0.3) is 22.1 Å². The van der Waals surface area contributed by atoms with Crippen molar-refractivity contribution >= 4 is 22.8 Å². The highest BCUT2D eigenvalue weighted by Crippen LogP contribution is 2.22. The number of amides is 1. The van der Waals surface area contributed by atoms with Crippen molar-refractivity contribution in [1.82, 2.24) is 5.32 Å². The lowest BCUT2D eigenvalue weighted by Crippen LogP contribution is -2.45. The van der Waals surface area contributed by atoms with Gasteiger partial charge in [0.15, 0.2) is 0 Å². The van der Waals surface area contributed by atoms with Gasteiger partial charge in [-0.3, -0.25) is 4.79 Å². The van der Waals surface area contributed by atoms with E-state index >= 15 is 0 Å². The largest absolute Gasteiger partial charge is 0.467 e. The molecule has 1 N–H and O–H groups in total. The lowest BCUT2D eigenvalue weighted by molar-refractivity contribution is -0.144. The third-order valence-corrected chi connectivity index (χ3v) is 4.49. The minimum atomic E-state index is -0.758. The van der Waals surface area contributed by atoms with E-state index in [2.05, 4.69) is 5.32 Å². The highest BCUT2D eigenvalue weighted by Gasteiger charge is 2.25. The molecule has 1 atom stereocenters. The van der Waals surface area contributed by atoms with E-state index in [0.29, 0.717) is 22.3 Å². The summed E-state index contributed by atoms with van der Waals surface area (Å²) in [4.78, 5) is 36.9. The average Bonchev–Trinajstić information content (AvgIpc) is 2.70. The van der Waals surface area contributed by atoms with Crippen molar-refractivity contribution in [2.75, 3.05) is 7.11 Å². The van der Waals surface area contributed by atoms with Crippen LogP contribution in [-0.2, 0) is 9.53 Å². The predicted octanol–water partition coefficient (Wildman–Crippen LogP) is 3.39. The van der Waals surface area contributed by atoms with Crippen molar-refractivity contribution in [3.63, 3.8) is 0 Å². The quantitative estimate of drug-likeness (QED) is 0.542. The number of carbonyl (C=O) groups is 2. The summed E-state index contributed by atoms with van der Waals surface area (Å²) in [6.45, 7) is 3.64. The van der Waals surface area contributed by atoms with Crippen molar-refractivity contribution in [2.24, 2.45) is 5.92 Å². The molecule has 0 saturated heterocycles. The molecule has 2 aromatic carbocycles. The molecule has 28 heavy (non-hydrogen) atoms. The summed E-state index contributed by atoms with van der Waals surface area (Å²) >= 11 is 0. The van der Waals surface area contributed by atoms with Gasteiger partial charge in [0.1, 0.15) is 11.6 Å². The van der Waals surface area contributed by atoms with Crippen LogP contribution < -0.4 is 10.9 Å². The van der Waals surface area contributed by atoms with E-state index in [9.17, 15) is 14.4 Å². The Morgan fingerprint density at radius 2 is 1.79 bits per heavy atom. The Morgan fingerprint density at radius 1 is 1.04 bits per heavy atom. The molecule has 6 heteroatoms. The molecule has 144 valence electrons. The first-order valence-electron chi connectivity index (χ1n) is 8.92. The molecular weight excluding hydrogens is 358 g/mol. The zero-order valence-corrected chi connectivity index (χ0v) is 15.9. The van der Waals surface area contributed by atoms with Gasteiger partial charge >= 0.3 is 11.6 Å². The van der Waals surface area contributed by atoms with Crippen molar-refractivity contribution in [1.29, 1.82) is 0 Å². The molecule has 0 aliphatic rings. The zero-order valence-electron chi connectivity index (χ0n) is 15.9. The molecule has 0 radical (unpaired) electrons. The topological polar surface area (TPSA) is 85.6 Å². The molecular formula is C22H21NO5. The molecule has 0 aliphatic carbocycles. The van der Waals surface area contributed by atoms with Crippen LogP contribution >= 0.6 is 0 Å². The fourth-order valence-corrected chi connectivity index (χ4v) is 2.94. The third kappa shape index (κ3) is 3.96. The van der Waals surface area contributed by atoms with Gasteiger partial charge < -0.3 is 14.5 Å². The average molecular weight is 379 g/mol. The number of fused-ring (bicyclic) bond motifs is 1. The first-order chi connectivity index (χ1) is 13.4. The fraction of sp³-hybridized carbons (Fsp3) is 0.227. The predicted molar refractivity (Wildman–Crippen MR) is 106 cm³/mol. The van der Waals surface area contributed by atoms with Gasteiger partial charge in [-0.25, -0.2) is 9.59 Å². The fourth-order valence-electron chi connectivity index (χ4n) is 2.94. The van der Waals surface area contributed by atoms with Gasteiger partial charge in [-0.05, 0) is 35.7 Å². The van der Waals surface area contributed by atoms with E-state index in [4.69, 9.17) is 9.15 Å². The van der Waals surface area contributed by atoms with Gasteiger partial charge in [-0.2, -0.15) is 0 Å². The van der Waals surface area contributed by atoms with Crippen molar-refractivity contribution in [2.45, 2.75) is 19.9 Å². The molecule has 0 fully saturated rings. The minimum absolute atomic E-state index is 0.132. The van der Waals surface area contributed by atoms with E-state index in [1.807, 2.05) is 26.0 Å². The molecule has 3 rings (SSSR count). The van der Waals surface area contributed by atoms with Crippen LogP contribution in [0.2, 0.25) is 0 Å². The Kier molecular flexibility index (Phi) is 5.59. The van der Waals surface area contributed by atoms with Crippen molar-refractivity contribution in [3.8, 4) is 11.1 Å². The van der Waals surface area contributed by atoms with E-state index < -0.39 is 23.5 Å². The second-order valence-electron chi connectivity index (χ2n) is 6.78. The molecule has 0 spiro atoms. The monoisotopic (exact) mass is 379 g/mol. The van der Waals surface area contributed by atoms with Crippen molar-refractivity contribution < 1.29 is 18.7 Å². The summed E-state index contributed by atoms with van der Waals surface area (Å²) in [6.07, 6.45) is 0. The number of benzene rings is 2. The van der Waals surface area contributed by atoms with Crippen LogP contribution in [0.15, 0.2) is 63.8 Å². The van der Waals surface area contributed by atoms with Crippen LogP contribution in [0.3, 0.4) is 0 Å². The number of methoxy groups -OCH3 is 1. The van der Waals surface area contributed by atoms with Crippen LogP contribution in [0.5, 0.6) is 0 Å². The molecule has 1 unspecified atom stereocenters. The van der Waals surface area contributed by atoms with Crippen LogP contribution in [0, 0.1) is 5.92 Å². The lowest BCUT2D eigenvalue weighted by Gasteiger charge is -2.19. The minimum Gasteiger partial charge on any atom is -0.467 e. The molecule has 1 heterocycles. The summed E-state index contributed by atoms with van der Waals surface area (Å²) in [5.74, 6) is -1.06. The number of ether oxygens (including phenoxy) is 1. The Morgan fingerprint density at radius 3 is 2.50 bits per heavy atom. The maximum atomic E-state index is 12.6. The second-order valence-corrected chi connectivity index (χ2v) is 6.78. The maximum absolute atomic E-state index is 12.6. The number of esters is 1. The Balaban J connectivity index is 1.94. The Bertz CT molecular complexity index is 1080. The van der Waals surface area contributed by atoms with Gasteiger partial charge in [0.2, 0.25) is 0 Å². The van der Waals surface area contributed by atoms with Crippen LogP contribution in [-0.4, -0.2) is 25.0 Å². The van der Waals surface area contributed by atoms with Gasteiger partial charge in [0, 0.05) is 10.9 Å². The molecule has 1 amide bonds.